The lowest BCUT2D eigenvalue weighted by atomic mass is 10.1. The van der Waals surface area contributed by atoms with Gasteiger partial charge in [-0.3, -0.25) is 4.57 Å². The molecule has 0 unspecified atom stereocenters. The van der Waals surface area contributed by atoms with Crippen molar-refractivity contribution in [3.63, 3.8) is 0 Å². The molecule has 1 saturated heterocycles. The smallest absolute Gasteiger partial charge is 0.385 e. The molecule has 14 heteroatoms. The standard InChI is InChI=1S/C15H18ClF4N5O4/c1-2-3-4-24-6-10(16)22-13(21)23-11(6)25(14(24)28)12-7(26)5(17)8(29-12)9(27)15(18,19)20/h5,7-9,12,26-27H,2-4H2,1H3,(H2,21,22,23)/t5-,7-,8+,9-,12-/m1/s1. The molecule has 9 nitrogen and oxygen atoms in total. The lowest BCUT2D eigenvalue weighted by molar-refractivity contribution is -0.241. The Hall–Kier alpha value is -1.96. The third-order valence-corrected chi connectivity index (χ3v) is 4.90. The minimum absolute atomic E-state index is 0.0188. The third kappa shape index (κ3) is 3.67. The number of nitrogens with zero attached hydrogens (tertiary/aromatic N) is 4. The minimum atomic E-state index is -5.19. The predicted octanol–water partition coefficient (Wildman–Crippen LogP) is 1.15. The topological polar surface area (TPSA) is 128 Å². The molecule has 4 N–H and O–H groups in total. The van der Waals surface area contributed by atoms with Crippen LogP contribution in [0.4, 0.5) is 23.5 Å². The molecule has 5 atom stereocenters. The van der Waals surface area contributed by atoms with Crippen LogP contribution in [-0.2, 0) is 11.3 Å². The normalized spacial score (nSPS) is 26.3. The van der Waals surface area contributed by atoms with Crippen LogP contribution < -0.4 is 11.4 Å². The number of aliphatic hydroxyl groups excluding tert-OH is 2. The van der Waals surface area contributed by atoms with E-state index in [0.29, 0.717) is 17.4 Å². The second-order valence-electron chi connectivity index (χ2n) is 6.62. The van der Waals surface area contributed by atoms with Gasteiger partial charge in [-0.15, -0.1) is 0 Å². The summed E-state index contributed by atoms with van der Waals surface area (Å²) >= 11 is 6.07. The number of hydrogen-bond donors (Lipinski definition) is 3. The number of aromatic nitrogens is 4. The van der Waals surface area contributed by atoms with Crippen molar-refractivity contribution in [1.82, 2.24) is 19.1 Å². The summed E-state index contributed by atoms with van der Waals surface area (Å²) < 4.78 is 59.6. The molecule has 1 aliphatic heterocycles. The molecule has 29 heavy (non-hydrogen) atoms. The highest BCUT2D eigenvalue weighted by molar-refractivity contribution is 6.33. The van der Waals surface area contributed by atoms with Crippen molar-refractivity contribution in [2.24, 2.45) is 0 Å². The SMILES string of the molecule is CCCCn1c(=O)n([C@@H]2O[C@H]([C@@H](O)C(F)(F)F)[C@H](F)[C@H]2O)c2nc(N)nc(Cl)c21. The van der Waals surface area contributed by atoms with E-state index in [1.165, 1.54) is 0 Å². The molecule has 3 heterocycles. The molecule has 0 aromatic carbocycles. The van der Waals surface area contributed by atoms with E-state index in [9.17, 15) is 32.6 Å². The van der Waals surface area contributed by atoms with Crippen LogP contribution in [0.2, 0.25) is 5.15 Å². The molecule has 1 fully saturated rings. The summed E-state index contributed by atoms with van der Waals surface area (Å²) in [5.74, 6) is -0.347. The molecule has 2 aromatic heterocycles. The maximum atomic E-state index is 14.4. The summed E-state index contributed by atoms with van der Waals surface area (Å²) in [6.45, 7) is 2.02. The van der Waals surface area contributed by atoms with Gasteiger partial charge in [0.25, 0.3) is 0 Å². The monoisotopic (exact) mass is 443 g/mol. The molecule has 0 bridgehead atoms. The second kappa shape index (κ2) is 7.70. The van der Waals surface area contributed by atoms with E-state index in [-0.39, 0.29) is 28.8 Å². The number of halogens is 5. The van der Waals surface area contributed by atoms with E-state index in [4.69, 9.17) is 22.1 Å². The number of aliphatic hydroxyl groups is 2. The Morgan fingerprint density at radius 3 is 2.62 bits per heavy atom. The first kappa shape index (κ1) is 21.7. The number of hydrogen-bond acceptors (Lipinski definition) is 7. The molecule has 0 radical (unpaired) electrons. The number of imidazole rings is 1. The average Bonchev–Trinajstić information content (AvgIpc) is 3.06. The molecule has 0 aliphatic carbocycles. The first-order valence-electron chi connectivity index (χ1n) is 8.65. The zero-order chi connectivity index (χ0) is 21.7. The van der Waals surface area contributed by atoms with Crippen molar-refractivity contribution in [3.05, 3.63) is 15.6 Å². The first-order valence-corrected chi connectivity index (χ1v) is 9.03. The van der Waals surface area contributed by atoms with Crippen LogP contribution in [0.3, 0.4) is 0 Å². The van der Waals surface area contributed by atoms with Gasteiger partial charge >= 0.3 is 11.9 Å². The quantitative estimate of drug-likeness (QED) is 0.467. The molecule has 162 valence electrons. The fourth-order valence-electron chi connectivity index (χ4n) is 3.22. The summed E-state index contributed by atoms with van der Waals surface area (Å²) in [7, 11) is 0. The molecule has 0 saturated carbocycles. The first-order chi connectivity index (χ1) is 13.5. The van der Waals surface area contributed by atoms with Gasteiger partial charge in [-0.25, -0.2) is 13.8 Å². The Morgan fingerprint density at radius 2 is 2.03 bits per heavy atom. The van der Waals surface area contributed by atoms with Gasteiger partial charge in [-0.2, -0.15) is 23.1 Å². The number of nitrogens with two attached hydrogens (primary N) is 1. The Balaban J connectivity index is 2.14. The molecule has 0 spiro atoms. The van der Waals surface area contributed by atoms with E-state index < -0.39 is 42.6 Å². The van der Waals surface area contributed by atoms with Gasteiger partial charge in [0, 0.05) is 6.54 Å². The zero-order valence-electron chi connectivity index (χ0n) is 15.0. The van der Waals surface area contributed by atoms with Crippen LogP contribution >= 0.6 is 11.6 Å². The van der Waals surface area contributed by atoms with Crippen LogP contribution in [0, 0.1) is 0 Å². The van der Waals surface area contributed by atoms with E-state index >= 15 is 0 Å². The molecule has 3 rings (SSSR count). The number of ether oxygens (including phenoxy) is 1. The second-order valence-corrected chi connectivity index (χ2v) is 6.97. The predicted molar refractivity (Wildman–Crippen MR) is 93.0 cm³/mol. The van der Waals surface area contributed by atoms with E-state index in [2.05, 4.69) is 9.97 Å². The van der Waals surface area contributed by atoms with Gasteiger partial charge in [-0.05, 0) is 6.42 Å². The summed E-state index contributed by atoms with van der Waals surface area (Å²) in [5, 5.41) is 19.3. The van der Waals surface area contributed by atoms with Crippen molar-refractivity contribution < 1.29 is 32.5 Å². The fourth-order valence-corrected chi connectivity index (χ4v) is 3.49. The van der Waals surface area contributed by atoms with E-state index in [1.807, 2.05) is 6.92 Å². The van der Waals surface area contributed by atoms with Crippen molar-refractivity contribution in [2.75, 3.05) is 5.73 Å². The van der Waals surface area contributed by atoms with Crippen molar-refractivity contribution in [3.8, 4) is 0 Å². The number of anilines is 1. The van der Waals surface area contributed by atoms with E-state index in [1.54, 1.807) is 0 Å². The molecular weight excluding hydrogens is 426 g/mol. The summed E-state index contributed by atoms with van der Waals surface area (Å²) in [5.41, 5.74) is 4.48. The minimum Gasteiger partial charge on any atom is -0.385 e. The molecule has 2 aromatic rings. The lowest BCUT2D eigenvalue weighted by Gasteiger charge is -2.22. The van der Waals surface area contributed by atoms with Gasteiger partial charge in [-0.1, -0.05) is 24.9 Å². The maximum Gasteiger partial charge on any atom is 0.417 e. The largest absolute Gasteiger partial charge is 0.417 e. The number of alkyl halides is 4. The van der Waals surface area contributed by atoms with Gasteiger partial charge in [0.15, 0.2) is 29.3 Å². The van der Waals surface area contributed by atoms with Crippen molar-refractivity contribution in [2.45, 2.75) is 63.2 Å². The Bertz CT molecular complexity index is 965. The highest BCUT2D eigenvalue weighted by Crippen LogP contribution is 2.38. The average molecular weight is 444 g/mol. The summed E-state index contributed by atoms with van der Waals surface area (Å²) in [4.78, 5) is 20.6. The van der Waals surface area contributed by atoms with Gasteiger partial charge < -0.3 is 20.7 Å². The third-order valence-electron chi connectivity index (χ3n) is 4.64. The van der Waals surface area contributed by atoms with Crippen LogP contribution in [0.25, 0.3) is 11.2 Å². The molecule has 1 aliphatic rings. The van der Waals surface area contributed by atoms with Gasteiger partial charge in [0.1, 0.15) is 17.7 Å². The maximum absolute atomic E-state index is 14.4. The highest BCUT2D eigenvalue weighted by Gasteiger charge is 2.56. The number of rotatable bonds is 5. The number of nitrogen functional groups attached to an aromatic ring is 1. The Kier molecular flexibility index (Phi) is 5.77. The van der Waals surface area contributed by atoms with Crippen LogP contribution in [0.15, 0.2) is 4.79 Å². The Morgan fingerprint density at radius 1 is 1.38 bits per heavy atom. The Labute approximate surface area is 165 Å². The molecule has 0 amide bonds. The van der Waals surface area contributed by atoms with Crippen LogP contribution in [0.5, 0.6) is 0 Å². The van der Waals surface area contributed by atoms with Crippen molar-refractivity contribution in [1.29, 1.82) is 0 Å². The number of aryl methyl sites for hydroxylation is 1. The van der Waals surface area contributed by atoms with E-state index in [0.717, 1.165) is 4.57 Å². The van der Waals surface area contributed by atoms with Crippen LogP contribution in [-0.4, -0.2) is 60.0 Å². The number of fused-ring (bicyclic) bond motifs is 1. The van der Waals surface area contributed by atoms with Crippen molar-refractivity contribution >= 4 is 28.7 Å². The summed E-state index contributed by atoms with van der Waals surface area (Å²) in [6.07, 6.45) is -16.3. The zero-order valence-corrected chi connectivity index (χ0v) is 15.7. The van der Waals surface area contributed by atoms with Gasteiger partial charge in [0.2, 0.25) is 5.95 Å². The molecular formula is C15H18ClF4N5O4. The fraction of sp³-hybridized carbons (Fsp3) is 0.667. The highest BCUT2D eigenvalue weighted by atomic mass is 35.5. The lowest BCUT2D eigenvalue weighted by Crippen LogP contribution is -2.44. The van der Waals surface area contributed by atoms with Crippen LogP contribution in [0.1, 0.15) is 26.0 Å². The van der Waals surface area contributed by atoms with Gasteiger partial charge in [0.05, 0.1) is 0 Å². The number of unbranched alkanes of at least 4 members (excludes halogenated alkanes) is 1. The summed E-state index contributed by atoms with van der Waals surface area (Å²) in [6, 6.07) is 0.